The van der Waals surface area contributed by atoms with E-state index in [0.717, 1.165) is 11.3 Å². The summed E-state index contributed by atoms with van der Waals surface area (Å²) in [5, 5.41) is 15.8. The molecule has 0 aliphatic carbocycles. The van der Waals surface area contributed by atoms with Gasteiger partial charge < -0.3 is 25.8 Å². The van der Waals surface area contributed by atoms with Crippen LogP contribution >= 0.6 is 0 Å². The van der Waals surface area contributed by atoms with Crippen LogP contribution in [0.3, 0.4) is 0 Å². The molecule has 0 bridgehead atoms. The number of nitrogens with zero attached hydrogens (tertiary/aromatic N) is 2. The van der Waals surface area contributed by atoms with Crippen molar-refractivity contribution in [2.45, 2.75) is 19.0 Å². The number of carbonyl (C=O) groups is 1. The topological polar surface area (TPSA) is 122 Å². The van der Waals surface area contributed by atoms with Crippen LogP contribution in [0.5, 0.6) is 0 Å². The largest absolute Gasteiger partial charge is 0.465 e. The van der Waals surface area contributed by atoms with Crippen molar-refractivity contribution in [3.63, 3.8) is 0 Å². The molecule has 2 atom stereocenters. The molecule has 1 aromatic heterocycles. The number of ether oxygens (including phenoxy) is 2. The molecule has 3 rings (SSSR count). The summed E-state index contributed by atoms with van der Waals surface area (Å²) in [6, 6.07) is 10.9. The van der Waals surface area contributed by atoms with Crippen molar-refractivity contribution in [2.24, 2.45) is 5.73 Å². The molecule has 0 spiro atoms. The molecule has 1 fully saturated rings. The second-order valence-corrected chi connectivity index (χ2v) is 6.33. The molecule has 2 aromatic rings. The maximum Gasteiger partial charge on any atom is 0.343 e. The van der Waals surface area contributed by atoms with E-state index in [0.29, 0.717) is 19.0 Å². The zero-order chi connectivity index (χ0) is 19.4. The summed E-state index contributed by atoms with van der Waals surface area (Å²) in [5.74, 6) is 0.0310. The number of anilines is 3. The number of esters is 1. The minimum atomic E-state index is -0.637. The lowest BCUT2D eigenvalue weighted by atomic mass is 10.1. The first kappa shape index (κ1) is 18.6. The van der Waals surface area contributed by atoms with Gasteiger partial charge in [-0.2, -0.15) is 5.26 Å². The summed E-state index contributed by atoms with van der Waals surface area (Å²) in [6.07, 6.45) is 0. The Balaban J connectivity index is 2.02. The molecule has 1 aliphatic rings. The molecular weight excluding hydrogens is 346 g/mol. The fourth-order valence-electron chi connectivity index (χ4n) is 2.88. The summed E-state index contributed by atoms with van der Waals surface area (Å²) in [5.41, 5.74) is 8.03. The van der Waals surface area contributed by atoms with E-state index in [9.17, 15) is 10.1 Å². The van der Waals surface area contributed by atoms with Gasteiger partial charge in [-0.25, -0.2) is 9.78 Å². The number of hydrogen-bond acceptors (Lipinski definition) is 8. The normalized spacial score (nSPS) is 18.6. The van der Waals surface area contributed by atoms with Crippen LogP contribution in [0.15, 0.2) is 30.3 Å². The Bertz CT molecular complexity index is 893. The second kappa shape index (κ2) is 8.03. The minimum Gasteiger partial charge on any atom is -0.465 e. The molecule has 2 heterocycles. The fraction of sp³-hybridized carbons (Fsp3) is 0.316. The number of aryl methyl sites for hydroxylation is 1. The first-order valence-corrected chi connectivity index (χ1v) is 8.49. The van der Waals surface area contributed by atoms with Crippen LogP contribution in [0.1, 0.15) is 21.5 Å². The lowest BCUT2D eigenvalue weighted by Gasteiger charge is -2.18. The Morgan fingerprint density at radius 2 is 2.22 bits per heavy atom. The van der Waals surface area contributed by atoms with Crippen molar-refractivity contribution in [3.05, 3.63) is 47.0 Å². The Morgan fingerprint density at radius 3 is 2.85 bits per heavy atom. The predicted octanol–water partition coefficient (Wildman–Crippen LogP) is 1.93. The van der Waals surface area contributed by atoms with Gasteiger partial charge in [0.15, 0.2) is 0 Å². The number of nitriles is 1. The van der Waals surface area contributed by atoms with Gasteiger partial charge in [-0.3, -0.25) is 0 Å². The molecule has 1 aliphatic heterocycles. The fourth-order valence-corrected chi connectivity index (χ4v) is 2.88. The quantitative estimate of drug-likeness (QED) is 0.685. The van der Waals surface area contributed by atoms with Crippen molar-refractivity contribution in [3.8, 4) is 6.07 Å². The van der Waals surface area contributed by atoms with E-state index in [-0.39, 0.29) is 29.0 Å². The van der Waals surface area contributed by atoms with Crippen molar-refractivity contribution in [1.29, 1.82) is 5.26 Å². The Labute approximate surface area is 157 Å². The molecule has 1 unspecified atom stereocenters. The molecule has 0 saturated carbocycles. The number of nitrogens with two attached hydrogens (primary N) is 1. The highest BCUT2D eigenvalue weighted by Crippen LogP contribution is 2.27. The zero-order valence-electron chi connectivity index (χ0n) is 15.2. The molecule has 0 radical (unpaired) electrons. The number of rotatable bonds is 5. The number of nitrogens with one attached hydrogen (secondary N) is 2. The van der Waals surface area contributed by atoms with E-state index in [1.165, 1.54) is 13.2 Å². The van der Waals surface area contributed by atoms with Crippen LogP contribution in [0.2, 0.25) is 0 Å². The van der Waals surface area contributed by atoms with Gasteiger partial charge in [0.05, 0.1) is 38.0 Å². The van der Waals surface area contributed by atoms with Crippen molar-refractivity contribution >= 4 is 23.3 Å². The SMILES string of the molecule is COC(=O)c1c(C#N)cc(N[C@@H]2COCC2N)nc1Nc1cccc(C)c1. The highest BCUT2D eigenvalue weighted by atomic mass is 16.5. The summed E-state index contributed by atoms with van der Waals surface area (Å²) in [4.78, 5) is 16.8. The van der Waals surface area contributed by atoms with E-state index in [4.69, 9.17) is 15.2 Å². The number of benzene rings is 1. The van der Waals surface area contributed by atoms with Gasteiger partial charge in [0, 0.05) is 5.69 Å². The molecule has 8 heteroatoms. The molecule has 1 aromatic carbocycles. The third-order valence-electron chi connectivity index (χ3n) is 4.27. The van der Waals surface area contributed by atoms with Crippen molar-refractivity contribution in [2.75, 3.05) is 31.0 Å². The van der Waals surface area contributed by atoms with Crippen molar-refractivity contribution < 1.29 is 14.3 Å². The van der Waals surface area contributed by atoms with Crippen LogP contribution < -0.4 is 16.4 Å². The van der Waals surface area contributed by atoms with Crippen LogP contribution in [0, 0.1) is 18.3 Å². The van der Waals surface area contributed by atoms with Gasteiger partial charge in [0.25, 0.3) is 0 Å². The third kappa shape index (κ3) is 4.16. The monoisotopic (exact) mass is 367 g/mol. The van der Waals surface area contributed by atoms with Crippen LogP contribution in [-0.2, 0) is 9.47 Å². The molecule has 27 heavy (non-hydrogen) atoms. The zero-order valence-corrected chi connectivity index (χ0v) is 15.2. The number of carbonyl (C=O) groups excluding carboxylic acids is 1. The Hall–Kier alpha value is -3.15. The predicted molar refractivity (Wildman–Crippen MR) is 101 cm³/mol. The number of hydrogen-bond donors (Lipinski definition) is 3. The van der Waals surface area contributed by atoms with Gasteiger partial charge >= 0.3 is 5.97 Å². The maximum atomic E-state index is 12.3. The van der Waals surface area contributed by atoms with E-state index in [2.05, 4.69) is 15.6 Å². The van der Waals surface area contributed by atoms with E-state index >= 15 is 0 Å². The summed E-state index contributed by atoms with van der Waals surface area (Å²) >= 11 is 0. The number of methoxy groups -OCH3 is 1. The maximum absolute atomic E-state index is 12.3. The van der Waals surface area contributed by atoms with Gasteiger partial charge in [-0.1, -0.05) is 12.1 Å². The first-order valence-electron chi connectivity index (χ1n) is 8.49. The second-order valence-electron chi connectivity index (χ2n) is 6.33. The Morgan fingerprint density at radius 1 is 1.41 bits per heavy atom. The molecular formula is C19H21N5O3. The van der Waals surface area contributed by atoms with Gasteiger partial charge in [0.1, 0.15) is 23.3 Å². The molecule has 4 N–H and O–H groups in total. The number of aromatic nitrogens is 1. The highest BCUT2D eigenvalue weighted by molar-refractivity contribution is 5.98. The van der Waals surface area contributed by atoms with E-state index < -0.39 is 5.97 Å². The number of pyridine rings is 1. The van der Waals surface area contributed by atoms with E-state index in [1.807, 2.05) is 37.3 Å². The minimum absolute atomic E-state index is 0.0824. The summed E-state index contributed by atoms with van der Waals surface area (Å²) in [6.45, 7) is 2.86. The first-order chi connectivity index (χ1) is 13.0. The average molecular weight is 367 g/mol. The van der Waals surface area contributed by atoms with Gasteiger partial charge in [-0.05, 0) is 30.7 Å². The van der Waals surface area contributed by atoms with Crippen LogP contribution in [-0.4, -0.2) is 43.4 Å². The smallest absolute Gasteiger partial charge is 0.343 e. The van der Waals surface area contributed by atoms with Gasteiger partial charge in [0.2, 0.25) is 0 Å². The van der Waals surface area contributed by atoms with Gasteiger partial charge in [-0.15, -0.1) is 0 Å². The molecule has 8 nitrogen and oxygen atoms in total. The van der Waals surface area contributed by atoms with Crippen LogP contribution in [0.25, 0.3) is 0 Å². The Kier molecular flexibility index (Phi) is 5.54. The standard InChI is InChI=1S/C19H21N5O3/c1-11-4-3-5-13(6-11)22-18-17(19(25)26-2)12(8-20)7-16(24-18)23-15-10-27-9-14(15)21/h3-7,14-15H,9-10,21H2,1-2H3,(H2,22,23,24)/t14?,15-/m1/s1. The summed E-state index contributed by atoms with van der Waals surface area (Å²) in [7, 11) is 1.26. The third-order valence-corrected chi connectivity index (χ3v) is 4.27. The van der Waals surface area contributed by atoms with Crippen molar-refractivity contribution in [1.82, 2.24) is 4.98 Å². The average Bonchev–Trinajstić information content (AvgIpc) is 3.05. The summed E-state index contributed by atoms with van der Waals surface area (Å²) < 4.78 is 10.2. The lowest BCUT2D eigenvalue weighted by Crippen LogP contribution is -2.39. The van der Waals surface area contributed by atoms with E-state index in [1.54, 1.807) is 0 Å². The molecule has 0 amide bonds. The molecule has 1 saturated heterocycles. The van der Waals surface area contributed by atoms with Crippen LogP contribution in [0.4, 0.5) is 17.3 Å². The lowest BCUT2D eigenvalue weighted by molar-refractivity contribution is 0.0601. The highest BCUT2D eigenvalue weighted by Gasteiger charge is 2.27. The molecule has 140 valence electrons.